The number of hydrogen-bond donors (Lipinski definition) is 1. The van der Waals surface area contributed by atoms with Crippen molar-refractivity contribution < 1.29 is 5.11 Å². The molecule has 0 fully saturated rings. The zero-order valence-electron chi connectivity index (χ0n) is 9.88. The number of rotatable bonds is 1. The first-order chi connectivity index (χ1) is 8.68. The largest absolute Gasteiger partial charge is 0.389 e. The van der Waals surface area contributed by atoms with Gasteiger partial charge in [-0.1, -0.05) is 24.3 Å². The van der Waals surface area contributed by atoms with Gasteiger partial charge in [-0.25, -0.2) is 0 Å². The predicted molar refractivity (Wildman–Crippen MR) is 76.2 cm³/mol. The normalized spacial score (nSPS) is 13.0. The lowest BCUT2D eigenvalue weighted by Gasteiger charge is -2.09. The molecule has 2 aromatic carbocycles. The second-order valence-corrected chi connectivity index (χ2v) is 5.41. The summed E-state index contributed by atoms with van der Waals surface area (Å²) < 4.78 is 1.91. The van der Waals surface area contributed by atoms with Gasteiger partial charge in [0.2, 0.25) is 0 Å². The average Bonchev–Trinajstić information content (AvgIpc) is 2.38. The summed E-state index contributed by atoms with van der Waals surface area (Å²) in [4.78, 5) is 12.5. The summed E-state index contributed by atoms with van der Waals surface area (Å²) in [6.45, 7) is 1.69. The van der Waals surface area contributed by atoms with Crippen molar-refractivity contribution in [2.45, 2.75) is 13.0 Å². The van der Waals surface area contributed by atoms with E-state index >= 15 is 0 Å². The highest BCUT2D eigenvalue weighted by molar-refractivity contribution is 7.24. The molecule has 1 unspecified atom stereocenters. The highest BCUT2D eigenvalue weighted by atomic mass is 32.1. The van der Waals surface area contributed by atoms with Gasteiger partial charge in [0.15, 0.2) is 5.43 Å². The molecular weight excluding hydrogens is 244 g/mol. The molecule has 0 saturated carbocycles. The molecule has 1 atom stereocenters. The summed E-state index contributed by atoms with van der Waals surface area (Å²) in [7, 11) is 0. The Hall–Kier alpha value is -1.71. The minimum atomic E-state index is -0.630. The van der Waals surface area contributed by atoms with Gasteiger partial charge in [0.25, 0.3) is 0 Å². The molecule has 1 N–H and O–H groups in total. The second-order valence-electron chi connectivity index (χ2n) is 4.32. The summed E-state index contributed by atoms with van der Waals surface area (Å²) in [5, 5.41) is 11.2. The molecule has 3 rings (SSSR count). The van der Waals surface area contributed by atoms with E-state index < -0.39 is 6.10 Å². The fourth-order valence-electron chi connectivity index (χ4n) is 2.22. The standard InChI is InChI=1S/C15H12O2S/c1-9(16)10-6-4-8-13-14(10)15(17)11-5-2-3-7-12(11)18-13/h2-9,16H,1H3. The van der Waals surface area contributed by atoms with Crippen LogP contribution < -0.4 is 5.43 Å². The van der Waals surface area contributed by atoms with Gasteiger partial charge >= 0.3 is 0 Å². The van der Waals surface area contributed by atoms with Gasteiger partial charge < -0.3 is 5.11 Å². The van der Waals surface area contributed by atoms with Crippen LogP contribution in [0.5, 0.6) is 0 Å². The van der Waals surface area contributed by atoms with Gasteiger partial charge in [-0.05, 0) is 30.7 Å². The molecular formula is C15H12O2S. The number of aliphatic hydroxyl groups excluding tert-OH is 1. The van der Waals surface area contributed by atoms with Gasteiger partial charge in [0, 0.05) is 20.2 Å². The zero-order chi connectivity index (χ0) is 12.7. The number of hydrogen-bond acceptors (Lipinski definition) is 3. The Morgan fingerprint density at radius 2 is 1.78 bits per heavy atom. The number of aliphatic hydroxyl groups is 1. The van der Waals surface area contributed by atoms with Crippen molar-refractivity contribution >= 4 is 31.5 Å². The molecule has 0 aliphatic heterocycles. The summed E-state index contributed by atoms with van der Waals surface area (Å²) in [6, 6.07) is 13.2. The van der Waals surface area contributed by atoms with E-state index in [1.54, 1.807) is 18.3 Å². The quantitative estimate of drug-likeness (QED) is 0.677. The average molecular weight is 256 g/mol. The van der Waals surface area contributed by atoms with Crippen LogP contribution in [0.1, 0.15) is 18.6 Å². The lowest BCUT2D eigenvalue weighted by Crippen LogP contribution is -2.05. The molecule has 0 bridgehead atoms. The van der Waals surface area contributed by atoms with Crippen molar-refractivity contribution in [2.24, 2.45) is 0 Å². The molecule has 0 radical (unpaired) electrons. The molecule has 3 heteroatoms. The summed E-state index contributed by atoms with van der Waals surface area (Å²) in [5.41, 5.74) is 0.718. The van der Waals surface area contributed by atoms with E-state index in [1.807, 2.05) is 42.5 Å². The van der Waals surface area contributed by atoms with Crippen LogP contribution >= 0.6 is 11.3 Å². The van der Waals surface area contributed by atoms with Gasteiger partial charge in [0.1, 0.15) is 0 Å². The van der Waals surface area contributed by atoms with Gasteiger partial charge in [-0.15, -0.1) is 11.3 Å². The van der Waals surface area contributed by atoms with Crippen molar-refractivity contribution in [1.82, 2.24) is 0 Å². The third kappa shape index (κ3) is 1.64. The first-order valence-electron chi connectivity index (χ1n) is 5.81. The molecule has 1 aromatic heterocycles. The van der Waals surface area contributed by atoms with Crippen molar-refractivity contribution in [3.05, 3.63) is 58.3 Å². The molecule has 0 aliphatic rings. The van der Waals surface area contributed by atoms with E-state index in [1.165, 1.54) is 0 Å². The minimum Gasteiger partial charge on any atom is -0.389 e. The molecule has 3 aromatic rings. The maximum absolute atomic E-state index is 12.5. The SMILES string of the molecule is CC(O)c1cccc2sc3ccccc3c(=O)c12. The van der Waals surface area contributed by atoms with Crippen LogP contribution in [0, 0.1) is 0 Å². The van der Waals surface area contributed by atoms with E-state index in [2.05, 4.69) is 0 Å². The minimum absolute atomic E-state index is 0.0100. The fourth-order valence-corrected chi connectivity index (χ4v) is 3.33. The Kier molecular flexibility index (Phi) is 2.65. The number of benzene rings is 2. The summed E-state index contributed by atoms with van der Waals surface area (Å²) in [6.07, 6.45) is -0.630. The van der Waals surface area contributed by atoms with Crippen LogP contribution in [-0.4, -0.2) is 5.11 Å². The lowest BCUT2D eigenvalue weighted by atomic mass is 10.0. The van der Waals surface area contributed by atoms with Crippen LogP contribution in [0.2, 0.25) is 0 Å². The van der Waals surface area contributed by atoms with E-state index in [0.29, 0.717) is 10.9 Å². The predicted octanol–water partition coefficient (Wildman–Crippen LogP) is 3.47. The van der Waals surface area contributed by atoms with Gasteiger partial charge in [-0.2, -0.15) is 0 Å². The molecule has 90 valence electrons. The Balaban J connectivity index is 2.57. The molecule has 18 heavy (non-hydrogen) atoms. The highest BCUT2D eigenvalue weighted by Crippen LogP contribution is 2.28. The summed E-state index contributed by atoms with van der Waals surface area (Å²) in [5.74, 6) is 0. The third-order valence-corrected chi connectivity index (χ3v) is 4.22. The van der Waals surface area contributed by atoms with Crippen molar-refractivity contribution in [3.8, 4) is 0 Å². The lowest BCUT2D eigenvalue weighted by molar-refractivity contribution is 0.201. The molecule has 0 saturated heterocycles. The van der Waals surface area contributed by atoms with Crippen molar-refractivity contribution in [1.29, 1.82) is 0 Å². The molecule has 1 heterocycles. The van der Waals surface area contributed by atoms with Gasteiger partial charge in [-0.3, -0.25) is 4.79 Å². The van der Waals surface area contributed by atoms with Crippen LogP contribution in [-0.2, 0) is 0 Å². The third-order valence-electron chi connectivity index (χ3n) is 3.09. The van der Waals surface area contributed by atoms with Crippen LogP contribution in [0.15, 0.2) is 47.3 Å². The molecule has 0 aliphatic carbocycles. The number of fused-ring (bicyclic) bond motifs is 2. The summed E-state index contributed by atoms with van der Waals surface area (Å²) >= 11 is 1.59. The second kappa shape index (κ2) is 4.19. The van der Waals surface area contributed by atoms with Crippen molar-refractivity contribution in [3.63, 3.8) is 0 Å². The van der Waals surface area contributed by atoms with Crippen molar-refractivity contribution in [2.75, 3.05) is 0 Å². The first-order valence-corrected chi connectivity index (χ1v) is 6.62. The molecule has 0 spiro atoms. The smallest absolute Gasteiger partial charge is 0.196 e. The Morgan fingerprint density at radius 1 is 1.06 bits per heavy atom. The highest BCUT2D eigenvalue weighted by Gasteiger charge is 2.12. The van der Waals surface area contributed by atoms with E-state index in [9.17, 15) is 9.90 Å². The first kappa shape index (κ1) is 11.4. The van der Waals surface area contributed by atoms with Crippen LogP contribution in [0.25, 0.3) is 20.2 Å². The Morgan fingerprint density at radius 3 is 2.56 bits per heavy atom. The zero-order valence-corrected chi connectivity index (χ0v) is 10.7. The Bertz CT molecular complexity index is 787. The molecule has 0 amide bonds. The fraction of sp³-hybridized carbons (Fsp3) is 0.133. The van der Waals surface area contributed by atoms with Crippen LogP contribution in [0.3, 0.4) is 0 Å². The van der Waals surface area contributed by atoms with Crippen LogP contribution in [0.4, 0.5) is 0 Å². The Labute approximate surface area is 108 Å². The van der Waals surface area contributed by atoms with E-state index in [0.717, 1.165) is 14.8 Å². The maximum Gasteiger partial charge on any atom is 0.196 e. The maximum atomic E-state index is 12.5. The van der Waals surface area contributed by atoms with E-state index in [4.69, 9.17) is 0 Å². The van der Waals surface area contributed by atoms with Gasteiger partial charge in [0.05, 0.1) is 6.10 Å². The monoisotopic (exact) mass is 256 g/mol. The van der Waals surface area contributed by atoms with E-state index in [-0.39, 0.29) is 5.43 Å². The topological polar surface area (TPSA) is 37.3 Å². The molecule has 2 nitrogen and oxygen atoms in total.